The molecule has 1 aliphatic heterocycles. The molecule has 0 bridgehead atoms. The Bertz CT molecular complexity index is 860. The Balaban J connectivity index is 1.51. The number of thioether (sulfide) groups is 1. The van der Waals surface area contributed by atoms with Gasteiger partial charge in [0.15, 0.2) is 0 Å². The lowest BCUT2D eigenvalue weighted by molar-refractivity contribution is -0.138. The Labute approximate surface area is 183 Å². The van der Waals surface area contributed by atoms with Gasteiger partial charge in [0, 0.05) is 5.75 Å². The van der Waals surface area contributed by atoms with Crippen molar-refractivity contribution in [3.05, 3.63) is 59.2 Å². The third-order valence-electron chi connectivity index (χ3n) is 5.13. The number of benzene rings is 2. The van der Waals surface area contributed by atoms with E-state index in [9.17, 15) is 4.79 Å². The summed E-state index contributed by atoms with van der Waals surface area (Å²) in [6.07, 6.45) is 1.01. The first-order valence-corrected chi connectivity index (χ1v) is 11.4. The molecule has 2 unspecified atom stereocenters. The van der Waals surface area contributed by atoms with Crippen LogP contribution < -0.4 is 14.8 Å². The Kier molecular flexibility index (Phi) is 7.32. The highest BCUT2D eigenvalue weighted by Gasteiger charge is 2.30. The smallest absolute Gasteiger partial charge is 0.321 e. The van der Waals surface area contributed by atoms with Crippen LogP contribution in [0.1, 0.15) is 49.8 Å². The molecule has 1 heterocycles. The summed E-state index contributed by atoms with van der Waals surface area (Å²) in [5.74, 6) is 1.46. The summed E-state index contributed by atoms with van der Waals surface area (Å²) < 4.78 is 11.9. The van der Waals surface area contributed by atoms with Crippen molar-refractivity contribution >= 4 is 17.7 Å². The summed E-state index contributed by atoms with van der Waals surface area (Å²) in [7, 11) is 0. The number of carboxylic acid groups (broad SMARTS) is 1. The SMILES string of the molecule is CCc1ccc(OCCOc2ccc(C3NC(C(=O)O)CS3)cc2)c(C(C)(C)C)c1. The van der Waals surface area contributed by atoms with Gasteiger partial charge in [0.05, 0.1) is 5.37 Å². The topological polar surface area (TPSA) is 67.8 Å². The predicted octanol–water partition coefficient (Wildman–Crippen LogP) is 4.79. The molecule has 3 rings (SSSR count). The molecule has 30 heavy (non-hydrogen) atoms. The number of carboxylic acids is 1. The zero-order valence-corrected chi connectivity index (χ0v) is 18.9. The van der Waals surface area contributed by atoms with E-state index in [0.29, 0.717) is 19.0 Å². The molecule has 2 aromatic carbocycles. The number of ether oxygens (including phenoxy) is 2. The second-order valence-electron chi connectivity index (χ2n) is 8.47. The molecule has 0 radical (unpaired) electrons. The van der Waals surface area contributed by atoms with Crippen LogP contribution in [0, 0.1) is 0 Å². The maximum Gasteiger partial charge on any atom is 0.321 e. The van der Waals surface area contributed by atoms with Gasteiger partial charge in [-0.05, 0) is 46.7 Å². The molecule has 2 N–H and O–H groups in total. The van der Waals surface area contributed by atoms with Gasteiger partial charge < -0.3 is 14.6 Å². The van der Waals surface area contributed by atoms with Crippen LogP contribution >= 0.6 is 11.8 Å². The van der Waals surface area contributed by atoms with Gasteiger partial charge in [-0.3, -0.25) is 10.1 Å². The standard InChI is InChI=1S/C24H31NO4S/c1-5-16-6-11-21(19(14-16)24(2,3)4)29-13-12-28-18-9-7-17(8-10-18)22-25-20(15-30-22)23(26)27/h6-11,14,20,22,25H,5,12-13,15H2,1-4H3,(H,26,27). The van der Waals surface area contributed by atoms with Crippen LogP contribution in [0.4, 0.5) is 0 Å². The van der Waals surface area contributed by atoms with Crippen molar-refractivity contribution < 1.29 is 19.4 Å². The molecule has 6 heteroatoms. The zero-order valence-electron chi connectivity index (χ0n) is 18.1. The largest absolute Gasteiger partial charge is 0.490 e. The maximum absolute atomic E-state index is 11.1. The van der Waals surface area contributed by atoms with Gasteiger partial charge in [-0.2, -0.15) is 0 Å². The minimum atomic E-state index is -0.802. The lowest BCUT2D eigenvalue weighted by atomic mass is 9.85. The number of hydrogen-bond donors (Lipinski definition) is 2. The van der Waals surface area contributed by atoms with E-state index in [1.165, 1.54) is 11.1 Å². The minimum absolute atomic E-state index is 0.00500. The fourth-order valence-electron chi connectivity index (χ4n) is 3.37. The van der Waals surface area contributed by atoms with E-state index in [1.807, 2.05) is 24.3 Å². The first kappa shape index (κ1) is 22.5. The van der Waals surface area contributed by atoms with Gasteiger partial charge in [-0.15, -0.1) is 11.8 Å². The van der Waals surface area contributed by atoms with Crippen LogP contribution in [-0.4, -0.2) is 36.1 Å². The van der Waals surface area contributed by atoms with Gasteiger partial charge in [-0.1, -0.05) is 52.0 Å². The zero-order chi connectivity index (χ0) is 21.7. The second kappa shape index (κ2) is 9.75. The van der Waals surface area contributed by atoms with Crippen LogP contribution in [0.3, 0.4) is 0 Å². The van der Waals surface area contributed by atoms with Gasteiger partial charge in [0.25, 0.3) is 0 Å². The Morgan fingerprint density at radius 2 is 1.83 bits per heavy atom. The summed E-state index contributed by atoms with van der Waals surface area (Å²) >= 11 is 1.61. The van der Waals surface area contributed by atoms with Crippen LogP contribution in [0.2, 0.25) is 0 Å². The van der Waals surface area contributed by atoms with Crippen LogP contribution in [0.15, 0.2) is 42.5 Å². The van der Waals surface area contributed by atoms with E-state index in [4.69, 9.17) is 14.6 Å². The van der Waals surface area contributed by atoms with Crippen molar-refractivity contribution in [2.45, 2.75) is 50.9 Å². The fourth-order valence-corrected chi connectivity index (χ4v) is 4.60. The average Bonchev–Trinajstić information content (AvgIpc) is 3.21. The summed E-state index contributed by atoms with van der Waals surface area (Å²) in [6, 6.07) is 13.7. The third-order valence-corrected chi connectivity index (χ3v) is 6.40. The van der Waals surface area contributed by atoms with Crippen LogP contribution in [0.5, 0.6) is 11.5 Å². The van der Waals surface area contributed by atoms with E-state index in [2.05, 4.69) is 51.2 Å². The molecule has 1 aliphatic rings. The highest BCUT2D eigenvalue weighted by Crippen LogP contribution is 2.34. The summed E-state index contributed by atoms with van der Waals surface area (Å²) in [5.41, 5.74) is 3.60. The lowest BCUT2D eigenvalue weighted by Gasteiger charge is -2.23. The third kappa shape index (κ3) is 5.70. The fraction of sp³-hybridized carbons (Fsp3) is 0.458. The highest BCUT2D eigenvalue weighted by atomic mass is 32.2. The maximum atomic E-state index is 11.1. The van der Waals surface area contributed by atoms with Crippen molar-refractivity contribution in [3.63, 3.8) is 0 Å². The molecule has 5 nitrogen and oxygen atoms in total. The number of aryl methyl sites for hydroxylation is 1. The van der Waals surface area contributed by atoms with E-state index in [1.54, 1.807) is 11.8 Å². The summed E-state index contributed by atoms with van der Waals surface area (Å²) in [6.45, 7) is 9.68. The molecule has 2 atom stereocenters. The van der Waals surface area contributed by atoms with Crippen molar-refractivity contribution in [1.82, 2.24) is 5.32 Å². The molecule has 0 aliphatic carbocycles. The first-order chi connectivity index (χ1) is 14.3. The van der Waals surface area contributed by atoms with E-state index >= 15 is 0 Å². The number of carbonyl (C=O) groups is 1. The van der Waals surface area contributed by atoms with Gasteiger partial charge in [0.2, 0.25) is 0 Å². The van der Waals surface area contributed by atoms with Gasteiger partial charge in [0.1, 0.15) is 30.8 Å². The molecular weight excluding hydrogens is 398 g/mol. The predicted molar refractivity (Wildman–Crippen MR) is 122 cm³/mol. The Morgan fingerprint density at radius 3 is 2.43 bits per heavy atom. The number of nitrogens with one attached hydrogen (secondary N) is 1. The average molecular weight is 430 g/mol. The second-order valence-corrected chi connectivity index (χ2v) is 9.61. The molecule has 2 aromatic rings. The Morgan fingerprint density at radius 1 is 1.13 bits per heavy atom. The molecule has 0 amide bonds. The Hall–Kier alpha value is -2.18. The monoisotopic (exact) mass is 429 g/mol. The molecule has 1 saturated heterocycles. The lowest BCUT2D eigenvalue weighted by Crippen LogP contribution is -2.33. The number of aliphatic carboxylic acids is 1. The molecule has 0 aromatic heterocycles. The molecule has 0 spiro atoms. The van der Waals surface area contributed by atoms with Crippen molar-refractivity contribution in [1.29, 1.82) is 0 Å². The van der Waals surface area contributed by atoms with Crippen molar-refractivity contribution in [3.8, 4) is 11.5 Å². The number of rotatable bonds is 8. The highest BCUT2D eigenvalue weighted by molar-refractivity contribution is 7.99. The summed E-state index contributed by atoms with van der Waals surface area (Å²) in [4.78, 5) is 11.1. The molecule has 162 valence electrons. The summed E-state index contributed by atoms with van der Waals surface area (Å²) in [5, 5.41) is 12.2. The van der Waals surface area contributed by atoms with Gasteiger partial charge >= 0.3 is 5.97 Å². The quantitative estimate of drug-likeness (QED) is 0.588. The van der Waals surface area contributed by atoms with Crippen molar-refractivity contribution in [2.75, 3.05) is 19.0 Å². The first-order valence-electron chi connectivity index (χ1n) is 10.4. The minimum Gasteiger partial charge on any atom is -0.490 e. The molecular formula is C24H31NO4S. The molecule has 0 saturated carbocycles. The van der Waals surface area contributed by atoms with Crippen LogP contribution in [-0.2, 0) is 16.6 Å². The van der Waals surface area contributed by atoms with Crippen molar-refractivity contribution in [2.24, 2.45) is 0 Å². The van der Waals surface area contributed by atoms with Gasteiger partial charge in [-0.25, -0.2) is 0 Å². The van der Waals surface area contributed by atoms with Crippen LogP contribution in [0.25, 0.3) is 0 Å². The van der Waals surface area contributed by atoms with E-state index < -0.39 is 12.0 Å². The van der Waals surface area contributed by atoms with E-state index in [0.717, 1.165) is 23.5 Å². The normalized spacial score (nSPS) is 18.9. The van der Waals surface area contributed by atoms with E-state index in [-0.39, 0.29) is 10.8 Å². The number of hydrogen-bond acceptors (Lipinski definition) is 5. The molecule has 1 fully saturated rings.